The molecule has 0 aliphatic carbocycles. The summed E-state index contributed by atoms with van der Waals surface area (Å²) in [6, 6.07) is 8.71. The zero-order chi connectivity index (χ0) is 5.11. The van der Waals surface area contributed by atoms with Gasteiger partial charge in [-0.25, -0.2) is 0 Å². The van der Waals surface area contributed by atoms with Gasteiger partial charge in [0.05, 0.1) is 0 Å². The van der Waals surface area contributed by atoms with Crippen molar-refractivity contribution in [3.8, 4) is 5.75 Å². The normalized spacial score (nSPS) is 7.50. The van der Waals surface area contributed by atoms with Gasteiger partial charge < -0.3 is 7.96 Å². The SMILES string of the molecule is Oc1ccccc1.[H-].[H-].[Sr+2]. The van der Waals surface area contributed by atoms with E-state index in [1.54, 1.807) is 24.3 Å². The van der Waals surface area contributed by atoms with Gasteiger partial charge in [-0.05, 0) is 12.1 Å². The Morgan fingerprint density at radius 2 is 1.62 bits per heavy atom. The van der Waals surface area contributed by atoms with Crippen molar-refractivity contribution < 1.29 is 7.96 Å². The van der Waals surface area contributed by atoms with E-state index in [9.17, 15) is 0 Å². The van der Waals surface area contributed by atoms with Crippen LogP contribution in [-0.2, 0) is 0 Å². The van der Waals surface area contributed by atoms with Crippen molar-refractivity contribution >= 4 is 45.5 Å². The minimum Gasteiger partial charge on any atom is -1.00 e. The van der Waals surface area contributed by atoms with E-state index in [1.807, 2.05) is 6.07 Å². The third-order valence-corrected chi connectivity index (χ3v) is 0.756. The van der Waals surface area contributed by atoms with Crippen molar-refractivity contribution in [1.82, 2.24) is 0 Å². The van der Waals surface area contributed by atoms with Crippen molar-refractivity contribution in [2.75, 3.05) is 0 Å². The minimum absolute atomic E-state index is 0. The summed E-state index contributed by atoms with van der Waals surface area (Å²) in [5.41, 5.74) is 0. The topological polar surface area (TPSA) is 20.2 Å². The number of hydrogen-bond acceptors (Lipinski definition) is 1. The van der Waals surface area contributed by atoms with Crippen molar-refractivity contribution in [3.05, 3.63) is 30.3 Å². The first kappa shape index (κ1) is 8.50. The molecule has 0 aliphatic rings. The van der Waals surface area contributed by atoms with E-state index in [2.05, 4.69) is 0 Å². The van der Waals surface area contributed by atoms with Gasteiger partial charge in [0, 0.05) is 0 Å². The second kappa shape index (κ2) is 4.39. The summed E-state index contributed by atoms with van der Waals surface area (Å²) < 4.78 is 0. The van der Waals surface area contributed by atoms with Crippen LogP contribution in [0.25, 0.3) is 0 Å². The molecule has 40 valence electrons. The Bertz CT molecular complexity index is 146. The summed E-state index contributed by atoms with van der Waals surface area (Å²) in [6.45, 7) is 0. The smallest absolute Gasteiger partial charge is 1.00 e. The molecule has 1 aromatic rings. The van der Waals surface area contributed by atoms with Crippen LogP contribution in [0.3, 0.4) is 0 Å². The summed E-state index contributed by atoms with van der Waals surface area (Å²) in [6.07, 6.45) is 0. The van der Waals surface area contributed by atoms with Gasteiger partial charge >= 0.3 is 45.5 Å². The number of hydrogen-bond donors (Lipinski definition) is 1. The van der Waals surface area contributed by atoms with Crippen molar-refractivity contribution in [1.29, 1.82) is 0 Å². The molecule has 0 aromatic heterocycles. The second-order valence-electron chi connectivity index (χ2n) is 1.34. The standard InChI is InChI=1S/C6H6O.Sr.2H/c7-6-4-2-1-3-5-6;;;/h1-5,7H;;;/q;+2;2*-1. The fourth-order valence-electron chi connectivity index (χ4n) is 0.428. The van der Waals surface area contributed by atoms with E-state index in [-0.39, 0.29) is 48.3 Å². The maximum absolute atomic E-state index is 8.63. The zero-order valence-corrected chi connectivity index (χ0v) is 8.02. The largest absolute Gasteiger partial charge is 2.00 e. The van der Waals surface area contributed by atoms with Crippen LogP contribution < -0.4 is 0 Å². The van der Waals surface area contributed by atoms with Gasteiger partial charge in [0.25, 0.3) is 0 Å². The molecule has 1 rings (SSSR count). The van der Waals surface area contributed by atoms with Gasteiger partial charge in [-0.1, -0.05) is 18.2 Å². The molecule has 2 heteroatoms. The quantitative estimate of drug-likeness (QED) is 0.601. The summed E-state index contributed by atoms with van der Waals surface area (Å²) in [5.74, 6) is 0.322. The molecule has 0 heterocycles. The van der Waals surface area contributed by atoms with Crippen LogP contribution in [0.4, 0.5) is 0 Å². The molecular formula is C6H8OSr. The molecule has 0 saturated heterocycles. The van der Waals surface area contributed by atoms with Gasteiger partial charge in [0.2, 0.25) is 0 Å². The van der Waals surface area contributed by atoms with Crippen molar-refractivity contribution in [2.45, 2.75) is 0 Å². The van der Waals surface area contributed by atoms with Gasteiger partial charge in [0.1, 0.15) is 5.75 Å². The Hall–Kier alpha value is 0.501. The predicted molar refractivity (Wildman–Crippen MR) is 36.1 cm³/mol. The van der Waals surface area contributed by atoms with E-state index in [4.69, 9.17) is 5.11 Å². The molecule has 0 aliphatic heterocycles. The first-order valence-corrected chi connectivity index (χ1v) is 2.13. The molecule has 0 bridgehead atoms. The number of phenolic OH excluding ortho intramolecular Hbond substituents is 1. The summed E-state index contributed by atoms with van der Waals surface area (Å²) >= 11 is 0. The molecule has 8 heavy (non-hydrogen) atoms. The summed E-state index contributed by atoms with van der Waals surface area (Å²) in [4.78, 5) is 0. The van der Waals surface area contributed by atoms with Crippen molar-refractivity contribution in [3.63, 3.8) is 0 Å². The van der Waals surface area contributed by atoms with E-state index in [1.165, 1.54) is 0 Å². The van der Waals surface area contributed by atoms with E-state index in [0.29, 0.717) is 5.75 Å². The number of phenols is 1. The Balaban J connectivity index is -0.000000163. The molecular weight excluding hydrogens is 176 g/mol. The first-order chi connectivity index (χ1) is 3.39. The summed E-state index contributed by atoms with van der Waals surface area (Å²) in [7, 11) is 0. The third kappa shape index (κ3) is 2.72. The summed E-state index contributed by atoms with van der Waals surface area (Å²) in [5, 5.41) is 8.63. The van der Waals surface area contributed by atoms with Crippen LogP contribution in [-0.4, -0.2) is 50.6 Å². The van der Waals surface area contributed by atoms with Crippen LogP contribution in [0, 0.1) is 0 Å². The van der Waals surface area contributed by atoms with E-state index < -0.39 is 0 Å². The number of para-hydroxylation sites is 1. The Kier molecular flexibility index (Phi) is 4.66. The van der Waals surface area contributed by atoms with Gasteiger partial charge in [-0.15, -0.1) is 0 Å². The Morgan fingerprint density at radius 1 is 1.12 bits per heavy atom. The Labute approximate surface area is 88.6 Å². The molecule has 0 amide bonds. The first-order valence-electron chi connectivity index (χ1n) is 2.13. The second-order valence-corrected chi connectivity index (χ2v) is 1.34. The molecule has 0 saturated carbocycles. The average Bonchev–Trinajstić information content (AvgIpc) is 1.69. The van der Waals surface area contributed by atoms with Crippen LogP contribution in [0.2, 0.25) is 0 Å². The van der Waals surface area contributed by atoms with Crippen LogP contribution >= 0.6 is 0 Å². The fourth-order valence-corrected chi connectivity index (χ4v) is 0.428. The molecule has 0 radical (unpaired) electrons. The molecule has 0 spiro atoms. The fraction of sp³-hybridized carbons (Fsp3) is 0. The molecule has 0 fully saturated rings. The van der Waals surface area contributed by atoms with Gasteiger partial charge in [-0.2, -0.15) is 0 Å². The third-order valence-electron chi connectivity index (χ3n) is 0.756. The van der Waals surface area contributed by atoms with Gasteiger partial charge in [0.15, 0.2) is 0 Å². The molecule has 0 unspecified atom stereocenters. The number of rotatable bonds is 0. The molecule has 1 N–H and O–H groups in total. The van der Waals surface area contributed by atoms with E-state index >= 15 is 0 Å². The average molecular weight is 184 g/mol. The zero-order valence-electron chi connectivity index (χ0n) is 6.54. The van der Waals surface area contributed by atoms with Crippen LogP contribution in [0.5, 0.6) is 5.75 Å². The minimum atomic E-state index is 0. The number of benzene rings is 1. The van der Waals surface area contributed by atoms with Crippen LogP contribution in [0.1, 0.15) is 2.85 Å². The Morgan fingerprint density at radius 3 is 1.88 bits per heavy atom. The van der Waals surface area contributed by atoms with Crippen molar-refractivity contribution in [2.24, 2.45) is 0 Å². The molecule has 1 aromatic carbocycles. The van der Waals surface area contributed by atoms with E-state index in [0.717, 1.165) is 0 Å². The maximum Gasteiger partial charge on any atom is 2.00 e. The molecule has 0 atom stereocenters. The van der Waals surface area contributed by atoms with Gasteiger partial charge in [-0.3, -0.25) is 0 Å². The molecule has 1 nitrogen and oxygen atoms in total. The van der Waals surface area contributed by atoms with Crippen LogP contribution in [0.15, 0.2) is 30.3 Å². The predicted octanol–water partition coefficient (Wildman–Crippen LogP) is 1.24. The maximum atomic E-state index is 8.63. The monoisotopic (exact) mass is 184 g/mol. The number of aromatic hydroxyl groups is 1.